The van der Waals surface area contributed by atoms with Gasteiger partial charge in [0.05, 0.1) is 6.04 Å². The summed E-state index contributed by atoms with van der Waals surface area (Å²) in [6.45, 7) is 3.10. The van der Waals surface area contributed by atoms with Gasteiger partial charge in [-0.2, -0.15) is 0 Å². The molecule has 2 N–H and O–H groups in total. The van der Waals surface area contributed by atoms with E-state index >= 15 is 0 Å². The van der Waals surface area contributed by atoms with E-state index in [1.165, 1.54) is 6.92 Å². The van der Waals surface area contributed by atoms with Gasteiger partial charge in [-0.1, -0.05) is 0 Å². The van der Waals surface area contributed by atoms with Crippen LogP contribution in [0.15, 0.2) is 0 Å². The topological polar surface area (TPSA) is 43.1 Å². The molecule has 0 aromatic rings. The average Bonchev–Trinajstić information content (AvgIpc) is 1.65. The summed E-state index contributed by atoms with van der Waals surface area (Å²) in [5.74, 6) is -0.00463. The van der Waals surface area contributed by atoms with Crippen molar-refractivity contribution in [1.29, 1.82) is 0 Å². The van der Waals surface area contributed by atoms with Crippen LogP contribution >= 0.6 is 0 Å². The molecule has 0 heterocycles. The molecule has 0 saturated heterocycles. The molecule has 0 amide bonds. The summed E-state index contributed by atoms with van der Waals surface area (Å²) < 4.78 is 6.47. The quantitative estimate of drug-likeness (QED) is 0.513. The van der Waals surface area contributed by atoms with Gasteiger partial charge in [0.1, 0.15) is 7.20 Å². The zero-order valence-electron chi connectivity index (χ0n) is 4.99. The second-order valence-electron chi connectivity index (χ2n) is 1.33. The van der Waals surface area contributed by atoms with Crippen LogP contribution in [0.5, 0.6) is 0 Å². The lowest BCUT2D eigenvalue weighted by Crippen LogP contribution is -2.23. The minimum Gasteiger partial charge on any atom is -0.322 e. The number of ketones is 1. The van der Waals surface area contributed by atoms with Crippen LogP contribution in [0.3, 0.4) is 0 Å². The van der Waals surface area contributed by atoms with Gasteiger partial charge < -0.3 is 5.73 Å². The summed E-state index contributed by atoms with van der Waals surface area (Å²) in [4.78, 5) is 10.2. The molecule has 2 nitrogen and oxygen atoms in total. The van der Waals surface area contributed by atoms with Gasteiger partial charge in [0.25, 0.3) is 0 Å². The monoisotopic (exact) mass is 88.1 g/mol. The molecule has 0 radical (unpaired) electrons. The Labute approximate surface area is 38.8 Å². The minimum absolute atomic E-state index is 0.00463. The van der Waals surface area contributed by atoms with E-state index < -0.39 is 0 Å². The predicted octanol–water partition coefficient (Wildman–Crippen LogP) is -0.0774. The van der Waals surface area contributed by atoms with Crippen molar-refractivity contribution in [3.8, 4) is 0 Å². The van der Waals surface area contributed by atoms with Crippen molar-refractivity contribution in [2.45, 2.75) is 19.9 Å². The first kappa shape index (κ1) is 3.81. The van der Waals surface area contributed by atoms with Gasteiger partial charge in [-0.25, -0.2) is 0 Å². The number of carbonyl (C=O) groups excluding carboxylic acids is 1. The van der Waals surface area contributed by atoms with Crippen molar-refractivity contribution in [2.75, 3.05) is 0 Å². The number of Topliss-reactive ketones (excluding diaryl/α,β-unsaturated/α-hetero) is 1. The lowest BCUT2D eigenvalue weighted by atomic mass is 10.3. The third-order valence-corrected chi connectivity index (χ3v) is 0.610. The maximum atomic E-state index is 10.2. The maximum absolute atomic E-state index is 10.2. The van der Waals surface area contributed by atoms with E-state index in [-0.39, 0.29) is 11.8 Å². The molecule has 0 aromatic carbocycles. The first-order valence-electron chi connectivity index (χ1n) is 2.36. The molecule has 1 atom stereocenters. The van der Waals surface area contributed by atoms with Crippen LogP contribution in [-0.4, -0.2) is 11.8 Å². The molecular weight excluding hydrogens is 78.0 g/mol. The first-order valence-corrected chi connectivity index (χ1v) is 1.86. The highest BCUT2D eigenvalue weighted by molar-refractivity contribution is 5.80. The van der Waals surface area contributed by atoms with Gasteiger partial charge in [0, 0.05) is 0 Å². The van der Waals surface area contributed by atoms with Gasteiger partial charge in [0.2, 0.25) is 0 Å². The summed E-state index contributed by atoms with van der Waals surface area (Å²) in [6, 6.07) is -0.319. The van der Waals surface area contributed by atoms with Crippen LogP contribution in [0.1, 0.15) is 13.8 Å². The Morgan fingerprint density at radius 1 is 2.17 bits per heavy atom. The number of rotatable bonds is 2. The fourth-order valence-electron chi connectivity index (χ4n) is 0. The molecule has 0 bridgehead atoms. The number of hydrogen-bond acceptors (Lipinski definition) is 2. The van der Waals surface area contributed by atoms with Gasteiger partial charge in [-0.05, 0) is 13.8 Å². The highest BCUT2D eigenvalue weighted by Crippen LogP contribution is 1.72. The average molecular weight is 88.1 g/mol. The molecular formula is C4H9NO. The van der Waals surface area contributed by atoms with Crippen LogP contribution in [-0.2, 0) is 4.79 Å². The number of hydrogen-bond donors (Lipinski definition) is 1. The molecule has 0 spiro atoms. The molecule has 0 aromatic heterocycles. The lowest BCUT2D eigenvalue weighted by Gasteiger charge is -1.91. The standard InChI is InChI=1S/C4H9NO/c1-3(5)4(2)6/h3H,5H2,1-2H3/i/hD. The molecule has 0 rings (SSSR count). The highest BCUT2D eigenvalue weighted by Gasteiger charge is 1.95. The summed E-state index contributed by atoms with van der Waals surface area (Å²) in [6.07, 6.45) is 0. The van der Waals surface area contributed by atoms with Crippen molar-refractivity contribution in [1.82, 2.24) is 0 Å². The summed E-state index contributed by atoms with van der Waals surface area (Å²) >= 11 is 0. The fraction of sp³-hybridized carbons (Fsp3) is 0.750. The summed E-state index contributed by atoms with van der Waals surface area (Å²) in [5, 5.41) is 0. The Morgan fingerprint density at radius 3 is 2.67 bits per heavy atom. The normalized spacial score (nSPS) is 16.0. The molecule has 6 heavy (non-hydrogen) atoms. The molecule has 2 heteroatoms. The van der Waals surface area contributed by atoms with Crippen molar-refractivity contribution >= 4 is 5.78 Å². The van der Waals surface area contributed by atoms with Gasteiger partial charge >= 0.3 is 0 Å². The molecule has 1 unspecified atom stereocenters. The zero-order chi connectivity index (χ0) is 5.86. The fourth-order valence-corrected chi connectivity index (χ4v) is 0. The number of nitrogens with two attached hydrogens (primary N) is 1. The van der Waals surface area contributed by atoms with Crippen molar-refractivity contribution in [3.05, 3.63) is 0 Å². The molecule has 0 aliphatic rings. The van der Waals surface area contributed by atoms with E-state index in [1.807, 2.05) is 0 Å². The highest BCUT2D eigenvalue weighted by atomic mass is 16.1. The minimum atomic E-state index is -0.319. The smallest absolute Gasteiger partial charge is 0.146 e. The third kappa shape index (κ3) is 1.91. The van der Waals surface area contributed by atoms with Crippen molar-refractivity contribution < 1.29 is 6.21 Å². The Kier molecular flexibility index (Phi) is 1.22. The Hall–Kier alpha value is -0.370. The van der Waals surface area contributed by atoms with Crippen LogP contribution in [0.25, 0.3) is 0 Å². The van der Waals surface area contributed by atoms with E-state index in [4.69, 9.17) is 1.41 Å². The molecule has 0 saturated carbocycles. The Bertz CT molecular complexity index is 74.1. The zero-order valence-corrected chi connectivity index (χ0v) is 3.99. The summed E-state index contributed by atoms with van der Waals surface area (Å²) in [7, 11) is 0. The Balaban J connectivity index is 3.34. The number of carbonyl (C=O) groups is 1. The molecule has 0 aliphatic carbocycles. The van der Waals surface area contributed by atoms with E-state index in [9.17, 15) is 4.79 Å². The Morgan fingerprint density at radius 2 is 2.67 bits per heavy atom. The van der Waals surface area contributed by atoms with Crippen LogP contribution in [0, 0.1) is 0 Å². The predicted molar refractivity (Wildman–Crippen MR) is 24.3 cm³/mol. The van der Waals surface area contributed by atoms with Gasteiger partial charge in [-0.15, -0.1) is 0 Å². The van der Waals surface area contributed by atoms with Crippen LogP contribution in [0.4, 0.5) is 0 Å². The maximum Gasteiger partial charge on any atom is 0.146 e. The van der Waals surface area contributed by atoms with Crippen molar-refractivity contribution in [2.24, 2.45) is 5.73 Å². The van der Waals surface area contributed by atoms with Crippen LogP contribution in [0.2, 0.25) is 1.41 Å². The van der Waals surface area contributed by atoms with E-state index in [0.717, 1.165) is 0 Å². The van der Waals surface area contributed by atoms with Gasteiger partial charge in [0.15, 0.2) is 0 Å². The third-order valence-electron chi connectivity index (χ3n) is 0.610. The first-order chi connectivity index (χ1) is 3.18. The van der Waals surface area contributed by atoms with E-state index in [1.54, 1.807) is 6.92 Å². The van der Waals surface area contributed by atoms with E-state index in [2.05, 4.69) is 5.73 Å². The van der Waals surface area contributed by atoms with Gasteiger partial charge in [-0.3, -0.25) is 4.79 Å². The SMILES string of the molecule is [2H]NC(C)C(C)=O. The second-order valence-corrected chi connectivity index (χ2v) is 1.33. The molecule has 36 valence electrons. The van der Waals surface area contributed by atoms with Crippen LogP contribution < -0.4 is 5.73 Å². The molecule has 0 aliphatic heterocycles. The largest absolute Gasteiger partial charge is 0.322 e. The summed E-state index contributed by atoms with van der Waals surface area (Å²) in [5.41, 5.74) is 2.06. The molecule has 0 fully saturated rings. The van der Waals surface area contributed by atoms with Crippen molar-refractivity contribution in [3.63, 3.8) is 0 Å². The second kappa shape index (κ2) is 1.92. The lowest BCUT2D eigenvalue weighted by molar-refractivity contribution is -0.117. The van der Waals surface area contributed by atoms with E-state index in [0.29, 0.717) is 0 Å².